The number of benzene rings is 2. The van der Waals surface area contributed by atoms with Crippen molar-refractivity contribution < 1.29 is 52.4 Å². The lowest BCUT2D eigenvalue weighted by Crippen LogP contribution is -2.70. The largest absolute Gasteiger partial charge is 0.461 e. The highest BCUT2D eigenvalue weighted by Crippen LogP contribution is 2.72. The maximum absolute atomic E-state index is 17.7. The van der Waals surface area contributed by atoms with E-state index in [9.17, 15) is 29.1 Å². The zero-order valence-corrected chi connectivity index (χ0v) is 35.9. The van der Waals surface area contributed by atoms with Crippen molar-refractivity contribution in [2.45, 2.75) is 108 Å². The Morgan fingerprint density at radius 2 is 1.71 bits per heavy atom. The van der Waals surface area contributed by atoms with Gasteiger partial charge in [-0.1, -0.05) is 48.9 Å². The molecular formula is C48H54FN3O10. The highest BCUT2D eigenvalue weighted by molar-refractivity contribution is 6.01. The second-order valence-corrected chi connectivity index (χ2v) is 18.6. The summed E-state index contributed by atoms with van der Waals surface area (Å²) >= 11 is 0. The van der Waals surface area contributed by atoms with E-state index in [1.165, 1.54) is 12.2 Å². The normalized spacial score (nSPS) is 32.2. The van der Waals surface area contributed by atoms with E-state index in [0.717, 1.165) is 16.3 Å². The molecule has 3 saturated carbocycles. The molecule has 1 saturated heterocycles. The van der Waals surface area contributed by atoms with Crippen molar-refractivity contribution in [2.75, 3.05) is 26.0 Å². The second-order valence-electron chi connectivity index (χ2n) is 18.6. The number of allylic oxidation sites excluding steroid dienone is 4. The van der Waals surface area contributed by atoms with Crippen molar-refractivity contribution in [3.63, 3.8) is 0 Å². The first-order valence-electron chi connectivity index (χ1n) is 21.2. The van der Waals surface area contributed by atoms with Crippen LogP contribution in [0.3, 0.4) is 0 Å². The van der Waals surface area contributed by atoms with Gasteiger partial charge in [-0.05, 0) is 113 Å². The number of amides is 1. The first kappa shape index (κ1) is 43.5. The molecule has 4 fully saturated rings. The Labute approximate surface area is 360 Å². The zero-order chi connectivity index (χ0) is 44.4. The highest BCUT2D eigenvalue weighted by Gasteiger charge is 2.80. The number of halogens is 1. The number of nitrogens with one attached hydrogen (secondary N) is 1. The minimum Gasteiger partial charge on any atom is -0.461 e. The highest BCUT2D eigenvalue weighted by atomic mass is 19.1. The number of aliphatic hydroxyl groups excluding tert-OH is 1. The number of hydrogen-bond acceptors (Lipinski definition) is 12. The molecule has 0 radical (unpaired) electrons. The maximum atomic E-state index is 17.7. The van der Waals surface area contributed by atoms with Crippen LogP contribution in [-0.4, -0.2) is 94.4 Å². The van der Waals surface area contributed by atoms with Crippen LogP contribution in [0.4, 0.5) is 10.1 Å². The fourth-order valence-electron chi connectivity index (χ4n) is 11.4. The van der Waals surface area contributed by atoms with Crippen LogP contribution in [0.5, 0.6) is 0 Å². The van der Waals surface area contributed by atoms with Crippen molar-refractivity contribution in [3.05, 3.63) is 95.9 Å². The van der Waals surface area contributed by atoms with Crippen LogP contribution in [0.2, 0.25) is 0 Å². The molecule has 328 valence electrons. The molecule has 3 aromatic rings. The van der Waals surface area contributed by atoms with Gasteiger partial charge in [0, 0.05) is 40.2 Å². The standard InChI is InChI=1S/C48H54FN3O10/c1-44(2)61-39-23-36-35-14-12-32-22-34(53)17-19-45(32,3)47(35,49)37(54)24-46(36,4)48(39,62-44)38(55)27-60-41(57)16-15-40(56)59-26-28-7-9-29(10-8-28)42(52(5)6)43(58)51-33-13-11-31-25-50-20-18-30(31)21-33/h7-11,13,17-22,25,35-37,39,42,54H,12,14-16,23-24,26-27H2,1-6H3,(H,51,58)/t35?,36-,37-,39+,42+,45-,46-,47-,48+/m0/s1. The molecule has 4 aliphatic carbocycles. The summed E-state index contributed by atoms with van der Waals surface area (Å²) in [6.45, 7) is 6.23. The summed E-state index contributed by atoms with van der Waals surface area (Å²) in [5.74, 6) is -4.69. The lowest BCUT2D eigenvalue weighted by molar-refractivity contribution is -0.246. The monoisotopic (exact) mass is 851 g/mol. The summed E-state index contributed by atoms with van der Waals surface area (Å²) in [6.07, 6.45) is 5.99. The Balaban J connectivity index is 0.857. The van der Waals surface area contributed by atoms with E-state index in [4.69, 9.17) is 18.9 Å². The number of anilines is 1. The van der Waals surface area contributed by atoms with E-state index in [2.05, 4.69) is 10.3 Å². The van der Waals surface area contributed by atoms with Crippen LogP contribution in [0.15, 0.2) is 84.7 Å². The number of aliphatic hydroxyl groups is 1. The van der Waals surface area contributed by atoms with E-state index in [1.807, 2.05) is 45.3 Å². The first-order valence-corrected chi connectivity index (χ1v) is 21.2. The summed E-state index contributed by atoms with van der Waals surface area (Å²) in [5.41, 5.74) is -3.30. The molecule has 1 unspecified atom stereocenters. The number of Topliss-reactive ketones (excluding diaryl/α,β-unsaturated/α-hetero) is 1. The van der Waals surface area contributed by atoms with E-state index in [1.54, 1.807) is 68.4 Å². The molecule has 2 aromatic carbocycles. The van der Waals surface area contributed by atoms with E-state index in [-0.39, 0.29) is 37.6 Å². The number of rotatable bonds is 12. The third kappa shape index (κ3) is 7.18. The van der Waals surface area contributed by atoms with Gasteiger partial charge in [-0.15, -0.1) is 0 Å². The molecule has 0 spiro atoms. The summed E-state index contributed by atoms with van der Waals surface area (Å²) in [4.78, 5) is 71.7. The number of ketones is 2. The number of nitrogens with zero attached hydrogens (tertiary/aromatic N) is 2. The van der Waals surface area contributed by atoms with Gasteiger partial charge in [0.1, 0.15) is 12.6 Å². The minimum atomic E-state index is -2.10. The van der Waals surface area contributed by atoms with Crippen LogP contribution < -0.4 is 5.32 Å². The van der Waals surface area contributed by atoms with Crippen LogP contribution in [-0.2, 0) is 49.5 Å². The topological polar surface area (TPSA) is 171 Å². The zero-order valence-electron chi connectivity index (χ0n) is 35.9. The van der Waals surface area contributed by atoms with Crippen LogP contribution >= 0.6 is 0 Å². The van der Waals surface area contributed by atoms with E-state index >= 15 is 4.39 Å². The van der Waals surface area contributed by atoms with Crippen molar-refractivity contribution in [1.82, 2.24) is 9.88 Å². The Morgan fingerprint density at radius 3 is 2.44 bits per heavy atom. The number of likely N-dealkylation sites (N-methyl/N-ethyl adjacent to an activating group) is 1. The molecule has 2 heterocycles. The van der Waals surface area contributed by atoms with Gasteiger partial charge in [0.25, 0.3) is 0 Å². The quantitative estimate of drug-likeness (QED) is 0.196. The molecule has 1 amide bonds. The molecule has 13 nitrogen and oxygen atoms in total. The number of carbonyl (C=O) groups excluding carboxylic acids is 5. The van der Waals surface area contributed by atoms with E-state index < -0.39 is 82.3 Å². The maximum Gasteiger partial charge on any atom is 0.306 e. The van der Waals surface area contributed by atoms with E-state index in [0.29, 0.717) is 36.1 Å². The predicted molar refractivity (Wildman–Crippen MR) is 225 cm³/mol. The molecule has 14 heteroatoms. The molecule has 5 aliphatic rings. The molecule has 1 aromatic heterocycles. The van der Waals surface area contributed by atoms with Gasteiger partial charge in [-0.3, -0.25) is 33.9 Å². The van der Waals surface area contributed by atoms with Crippen molar-refractivity contribution >= 4 is 45.9 Å². The number of esters is 2. The fraction of sp³-hybridized carbons (Fsp3) is 0.500. The number of ether oxygens (including phenoxy) is 4. The summed E-state index contributed by atoms with van der Waals surface area (Å²) in [5, 5.41) is 16.7. The van der Waals surface area contributed by atoms with Gasteiger partial charge in [0.2, 0.25) is 11.7 Å². The van der Waals surface area contributed by atoms with Gasteiger partial charge >= 0.3 is 11.9 Å². The Kier molecular flexibility index (Phi) is 11.1. The number of hydrogen-bond donors (Lipinski definition) is 2. The van der Waals surface area contributed by atoms with Crippen LogP contribution in [0, 0.1) is 22.7 Å². The predicted octanol–water partition coefficient (Wildman–Crippen LogP) is 6.28. The van der Waals surface area contributed by atoms with Crippen molar-refractivity contribution in [3.8, 4) is 0 Å². The van der Waals surface area contributed by atoms with Gasteiger partial charge in [-0.2, -0.15) is 0 Å². The summed E-state index contributed by atoms with van der Waals surface area (Å²) in [7, 11) is 3.63. The molecule has 2 N–H and O–H groups in total. The first-order chi connectivity index (χ1) is 29.3. The fourth-order valence-corrected chi connectivity index (χ4v) is 11.4. The van der Waals surface area contributed by atoms with Crippen LogP contribution in [0.25, 0.3) is 10.8 Å². The molecular weight excluding hydrogens is 798 g/mol. The smallest absolute Gasteiger partial charge is 0.306 e. The third-order valence-corrected chi connectivity index (χ3v) is 14.3. The molecule has 1 aliphatic heterocycles. The Bertz CT molecular complexity index is 2380. The van der Waals surface area contributed by atoms with Gasteiger partial charge in [0.15, 0.2) is 29.4 Å². The number of alkyl halides is 1. The second kappa shape index (κ2) is 15.9. The SMILES string of the molecule is CN(C)[C@@H](C(=O)Nc1ccc2cnccc2c1)c1ccc(COC(=O)CCC(=O)OCC(=O)[C@@]23OC(C)(C)O[C@@H]2C[C@H]2C4CCC5=CC(=O)C=C[C@]5(C)[C@@]4(F)[C@@H](O)C[C@@]23C)cc1. The Morgan fingerprint density at radius 1 is 0.984 bits per heavy atom. The summed E-state index contributed by atoms with van der Waals surface area (Å²) < 4.78 is 41.5. The number of aromatic nitrogens is 1. The Hall–Kier alpha value is -5.15. The summed E-state index contributed by atoms with van der Waals surface area (Å²) in [6, 6.07) is 14.0. The number of carbonyl (C=O) groups is 5. The molecule has 62 heavy (non-hydrogen) atoms. The average Bonchev–Trinajstić information content (AvgIpc) is 3.64. The van der Waals surface area contributed by atoms with Gasteiger partial charge < -0.3 is 29.4 Å². The number of pyridine rings is 1. The lowest BCUT2D eigenvalue weighted by atomic mass is 9.44. The average molecular weight is 852 g/mol. The lowest BCUT2D eigenvalue weighted by Gasteiger charge is -2.62. The minimum absolute atomic E-state index is 0.0631. The molecule has 0 bridgehead atoms. The molecule has 9 atom stereocenters. The molecule has 8 rings (SSSR count). The van der Waals surface area contributed by atoms with Crippen molar-refractivity contribution in [1.29, 1.82) is 0 Å². The van der Waals surface area contributed by atoms with Gasteiger partial charge in [0.05, 0.1) is 25.0 Å². The third-order valence-electron chi connectivity index (χ3n) is 14.3. The number of fused-ring (bicyclic) bond motifs is 8. The van der Waals surface area contributed by atoms with Crippen molar-refractivity contribution in [2.24, 2.45) is 22.7 Å². The van der Waals surface area contributed by atoms with Crippen LogP contribution in [0.1, 0.15) is 83.4 Å². The van der Waals surface area contributed by atoms with Gasteiger partial charge in [-0.25, -0.2) is 4.39 Å².